The van der Waals surface area contributed by atoms with Gasteiger partial charge in [-0.25, -0.2) is 4.98 Å². The Labute approximate surface area is 356 Å². The van der Waals surface area contributed by atoms with Gasteiger partial charge in [0.1, 0.15) is 12.1 Å². The highest BCUT2D eigenvalue weighted by atomic mass is 16.5. The molecule has 1 atom stereocenters. The molecule has 2 aromatic carbocycles. The molecule has 5 fully saturated rings. The van der Waals surface area contributed by atoms with Crippen molar-refractivity contribution in [3.05, 3.63) is 96.6 Å². The number of hydrogen-bond acceptors (Lipinski definition) is 9. The zero-order valence-corrected chi connectivity index (χ0v) is 35.2. The summed E-state index contributed by atoms with van der Waals surface area (Å²) in [7, 11) is 4.43. The Morgan fingerprint density at radius 3 is 2.43 bits per heavy atom. The van der Waals surface area contributed by atoms with E-state index in [1.165, 1.54) is 60.7 Å². The Hall–Kier alpha value is -5.59. The van der Waals surface area contributed by atoms with Crippen molar-refractivity contribution < 1.29 is 19.1 Å². The fourth-order valence-corrected chi connectivity index (χ4v) is 11.4. The SMILES string of the molecule is C=C1CCC(N2C(=O)c3ccc(N4CCC(CCN5CC6(CC(N(C)[C@H]7C[C@H](Oc8ccc(-c9ccc%10c%11cnccc%11n(C)c%10c9)cn8)C7)C6)C5)CC4)cc3C2=O)C(=O)N1. The van der Waals surface area contributed by atoms with Crippen LogP contribution in [0.2, 0.25) is 0 Å². The number of nitrogens with one attached hydrogen (secondary N) is 1. The van der Waals surface area contributed by atoms with Gasteiger partial charge in [-0.3, -0.25) is 24.3 Å². The number of rotatable bonds is 10. The Morgan fingerprint density at radius 2 is 1.66 bits per heavy atom. The second-order valence-electron chi connectivity index (χ2n) is 18.9. The van der Waals surface area contributed by atoms with Gasteiger partial charge >= 0.3 is 0 Å². The van der Waals surface area contributed by atoms with Crippen LogP contribution in [0, 0.1) is 11.3 Å². The summed E-state index contributed by atoms with van der Waals surface area (Å²) < 4.78 is 8.56. The molecule has 3 amide bonds. The first kappa shape index (κ1) is 38.3. The minimum absolute atomic E-state index is 0.222. The van der Waals surface area contributed by atoms with Gasteiger partial charge in [-0.15, -0.1) is 0 Å². The van der Waals surface area contributed by atoms with Crippen LogP contribution in [0.3, 0.4) is 0 Å². The molecule has 1 spiro atoms. The van der Waals surface area contributed by atoms with Crippen molar-refractivity contribution in [2.45, 2.75) is 82.0 Å². The predicted octanol–water partition coefficient (Wildman–Crippen LogP) is 6.79. The van der Waals surface area contributed by atoms with Crippen molar-refractivity contribution in [1.29, 1.82) is 0 Å². The van der Waals surface area contributed by atoms with E-state index in [9.17, 15) is 14.4 Å². The number of fused-ring (bicyclic) bond motifs is 4. The van der Waals surface area contributed by atoms with Crippen LogP contribution in [0.5, 0.6) is 5.88 Å². The number of imide groups is 1. The van der Waals surface area contributed by atoms with E-state index >= 15 is 0 Å². The Kier molecular flexibility index (Phi) is 9.30. The standard InChI is InChI=1S/C49H54N8O4/c1-30-4-10-43(46(58)52-30)57-47(59)39-9-7-34(23-40(39)48(57)60)56-18-14-31(15-19-56)13-17-55-28-49(29-55)24-36(25-49)53(2)35-21-37(22-35)61-45-11-6-33(26-51-45)32-5-8-38-41-27-50-16-12-42(41)54(3)44(38)20-32/h5-9,11-12,16,20,23,26-27,31,35-37,43H,1,4,10,13-15,17-19,21-22,24-25,28-29H2,2-3H3,(H,52,58)/t35-,37-,43?. The maximum atomic E-state index is 13.4. The molecular formula is C49H54N8O4. The van der Waals surface area contributed by atoms with Crippen molar-refractivity contribution in [1.82, 2.24) is 34.6 Å². The first-order valence-electron chi connectivity index (χ1n) is 22.2. The molecule has 6 aliphatic rings. The zero-order valence-electron chi connectivity index (χ0n) is 35.2. The number of allylic oxidation sites excluding steroid dienone is 1. The fraction of sp³-hybridized carbons (Fsp3) is 0.449. The summed E-state index contributed by atoms with van der Waals surface area (Å²) in [5.41, 5.74) is 7.51. The molecule has 0 bridgehead atoms. The second kappa shape index (κ2) is 14.8. The van der Waals surface area contributed by atoms with Crippen molar-refractivity contribution in [2.75, 3.05) is 44.7 Å². The molecule has 12 nitrogen and oxygen atoms in total. The van der Waals surface area contributed by atoms with Crippen molar-refractivity contribution in [3.63, 3.8) is 0 Å². The van der Waals surface area contributed by atoms with Crippen molar-refractivity contribution >= 4 is 45.2 Å². The van der Waals surface area contributed by atoms with Crippen LogP contribution in [-0.2, 0) is 11.8 Å². The molecule has 7 heterocycles. The van der Waals surface area contributed by atoms with Crippen LogP contribution in [-0.4, -0.2) is 111 Å². The van der Waals surface area contributed by atoms with Crippen LogP contribution in [0.15, 0.2) is 85.5 Å². The number of likely N-dealkylation sites (tertiary alicyclic amines) is 1. The van der Waals surface area contributed by atoms with Crippen LogP contribution in [0.4, 0.5) is 5.69 Å². The molecule has 3 aromatic heterocycles. The number of hydrogen-bond donors (Lipinski definition) is 1. The maximum absolute atomic E-state index is 13.4. The second-order valence-corrected chi connectivity index (χ2v) is 18.9. The van der Waals surface area contributed by atoms with Crippen LogP contribution in [0.1, 0.15) is 78.5 Å². The van der Waals surface area contributed by atoms with Gasteiger partial charge in [-0.2, -0.15) is 0 Å². The number of aryl methyl sites for hydroxylation is 1. The molecule has 1 unspecified atom stereocenters. The summed E-state index contributed by atoms with van der Waals surface area (Å²) in [6, 6.07) is 18.8. The summed E-state index contributed by atoms with van der Waals surface area (Å²) in [5.74, 6) is 0.321. The highest BCUT2D eigenvalue weighted by Gasteiger charge is 2.54. The van der Waals surface area contributed by atoms with Gasteiger partial charge in [-0.1, -0.05) is 18.7 Å². The number of aromatic nitrogens is 3. The molecule has 0 radical (unpaired) electrons. The summed E-state index contributed by atoms with van der Waals surface area (Å²) in [5, 5.41) is 5.09. The van der Waals surface area contributed by atoms with E-state index in [-0.39, 0.29) is 23.8 Å². The molecule has 314 valence electrons. The molecule has 2 aliphatic carbocycles. The number of amides is 3. The summed E-state index contributed by atoms with van der Waals surface area (Å²) >= 11 is 0. The molecule has 5 aromatic rings. The Balaban J connectivity index is 0.594. The highest BCUT2D eigenvalue weighted by molar-refractivity contribution is 6.23. The van der Waals surface area contributed by atoms with E-state index in [1.807, 2.05) is 36.8 Å². The quantitative estimate of drug-likeness (QED) is 0.152. The summed E-state index contributed by atoms with van der Waals surface area (Å²) in [4.78, 5) is 57.0. The largest absolute Gasteiger partial charge is 0.474 e. The van der Waals surface area contributed by atoms with Gasteiger partial charge in [0.25, 0.3) is 11.8 Å². The molecule has 61 heavy (non-hydrogen) atoms. The number of piperidine rings is 2. The maximum Gasteiger partial charge on any atom is 0.262 e. The highest BCUT2D eigenvalue weighted by Crippen LogP contribution is 2.51. The average molecular weight is 819 g/mol. The average Bonchev–Trinajstić information content (AvgIpc) is 3.65. The molecule has 11 rings (SSSR count). The normalized spacial score (nSPS) is 24.3. The molecular weight excluding hydrogens is 765 g/mol. The van der Waals surface area contributed by atoms with E-state index in [4.69, 9.17) is 9.72 Å². The van der Waals surface area contributed by atoms with E-state index < -0.39 is 6.04 Å². The third-order valence-electron chi connectivity index (χ3n) is 15.2. The number of nitrogens with zero attached hydrogens (tertiary/aromatic N) is 7. The molecule has 3 saturated heterocycles. The molecule has 1 N–H and O–H groups in total. The van der Waals surface area contributed by atoms with Gasteiger partial charge in [0.15, 0.2) is 0 Å². The smallest absolute Gasteiger partial charge is 0.262 e. The van der Waals surface area contributed by atoms with Gasteiger partial charge < -0.3 is 29.3 Å². The molecule has 4 aliphatic heterocycles. The summed E-state index contributed by atoms with van der Waals surface area (Å²) in [6.07, 6.45) is 15.1. The van der Waals surface area contributed by atoms with Gasteiger partial charge in [0.2, 0.25) is 11.8 Å². The molecule has 2 saturated carbocycles. The van der Waals surface area contributed by atoms with Gasteiger partial charge in [-0.05, 0) is 112 Å². The van der Waals surface area contributed by atoms with Crippen LogP contribution >= 0.6 is 0 Å². The predicted molar refractivity (Wildman–Crippen MR) is 235 cm³/mol. The lowest BCUT2D eigenvalue weighted by molar-refractivity contribution is -0.125. The molecule has 12 heteroatoms. The van der Waals surface area contributed by atoms with E-state index in [1.54, 1.807) is 6.07 Å². The first-order chi connectivity index (χ1) is 29.6. The number of pyridine rings is 2. The third kappa shape index (κ3) is 6.69. The van der Waals surface area contributed by atoms with Gasteiger partial charge in [0.05, 0.1) is 16.6 Å². The fourth-order valence-electron chi connectivity index (χ4n) is 11.4. The third-order valence-corrected chi connectivity index (χ3v) is 15.2. The van der Waals surface area contributed by atoms with E-state index in [0.717, 1.165) is 60.5 Å². The Bertz CT molecular complexity index is 2570. The lowest BCUT2D eigenvalue weighted by Gasteiger charge is -2.62. The topological polar surface area (TPSA) is 116 Å². The lowest BCUT2D eigenvalue weighted by Crippen LogP contribution is -2.67. The number of ether oxygens (including phenoxy) is 1. The lowest BCUT2D eigenvalue weighted by atomic mass is 9.59. The van der Waals surface area contributed by atoms with Crippen molar-refractivity contribution in [3.8, 4) is 17.0 Å². The minimum Gasteiger partial charge on any atom is -0.474 e. The number of carbonyl (C=O) groups excluding carboxylic acids is 3. The summed E-state index contributed by atoms with van der Waals surface area (Å²) in [6.45, 7) is 9.35. The first-order valence-corrected chi connectivity index (χ1v) is 22.2. The Morgan fingerprint density at radius 1 is 0.869 bits per heavy atom. The van der Waals surface area contributed by atoms with Gasteiger partial charge in [0, 0.05) is 116 Å². The number of benzene rings is 2. The van der Waals surface area contributed by atoms with Crippen LogP contribution in [0.25, 0.3) is 32.9 Å². The minimum atomic E-state index is -0.787. The van der Waals surface area contributed by atoms with Crippen molar-refractivity contribution in [2.24, 2.45) is 18.4 Å². The van der Waals surface area contributed by atoms with E-state index in [2.05, 4.69) is 80.6 Å². The zero-order chi connectivity index (χ0) is 41.6. The van der Waals surface area contributed by atoms with Crippen LogP contribution < -0.4 is 15.0 Å². The number of anilines is 1. The monoisotopic (exact) mass is 818 g/mol. The number of carbonyl (C=O) groups is 3. The van der Waals surface area contributed by atoms with E-state index in [0.29, 0.717) is 59.0 Å².